The number of rotatable bonds is 13. The van der Waals surface area contributed by atoms with E-state index in [1.165, 1.54) is 0 Å². The van der Waals surface area contributed by atoms with Gasteiger partial charge in [0.05, 0.1) is 0 Å². The molecule has 212 valence electrons. The molecule has 0 fully saturated rings. The summed E-state index contributed by atoms with van der Waals surface area (Å²) in [6.45, 7) is 5.68. The first kappa shape index (κ1) is 31.1. The Bertz CT molecular complexity index is 1060. The highest BCUT2D eigenvalue weighted by Gasteiger charge is 2.27. The predicted molar refractivity (Wildman–Crippen MR) is 146 cm³/mol. The van der Waals surface area contributed by atoms with Crippen LogP contribution in [-0.2, 0) is 32.1 Å². The lowest BCUT2D eigenvalue weighted by atomic mass is 10.0. The highest BCUT2D eigenvalue weighted by molar-refractivity contribution is 5.91. The lowest BCUT2D eigenvalue weighted by Gasteiger charge is -2.23. The topological polar surface area (TPSA) is 161 Å². The second-order valence-corrected chi connectivity index (χ2v) is 9.94. The van der Waals surface area contributed by atoms with E-state index in [4.69, 9.17) is 15.3 Å². The molecule has 0 bridgehead atoms. The molecule has 2 atom stereocenters. The van der Waals surface area contributed by atoms with Gasteiger partial charge in [0.25, 0.3) is 5.91 Å². The van der Waals surface area contributed by atoms with E-state index in [0.29, 0.717) is 19.4 Å². The first-order valence-electron chi connectivity index (χ1n) is 12.9. The summed E-state index contributed by atoms with van der Waals surface area (Å²) in [6, 6.07) is 16.4. The number of hydrogen-bond donors (Lipinski definition) is 5. The Kier molecular flexibility index (Phi) is 12.7. The van der Waals surface area contributed by atoms with Gasteiger partial charge in [0.1, 0.15) is 24.3 Å². The van der Waals surface area contributed by atoms with Crippen LogP contribution in [-0.4, -0.2) is 48.2 Å². The minimum atomic E-state index is -0.987. The zero-order valence-corrected chi connectivity index (χ0v) is 22.7. The molecule has 2 rings (SSSR count). The quantitative estimate of drug-likeness (QED) is 0.113. The van der Waals surface area contributed by atoms with Crippen LogP contribution >= 0.6 is 0 Å². The van der Waals surface area contributed by atoms with Crippen LogP contribution in [0.4, 0.5) is 9.59 Å². The Hall–Kier alpha value is -4.12. The molecule has 39 heavy (non-hydrogen) atoms. The van der Waals surface area contributed by atoms with Crippen molar-refractivity contribution in [3.05, 3.63) is 71.8 Å². The third-order valence-electron chi connectivity index (χ3n) is 5.47. The van der Waals surface area contributed by atoms with Crippen molar-refractivity contribution in [3.8, 4) is 0 Å². The van der Waals surface area contributed by atoms with Crippen molar-refractivity contribution in [3.63, 3.8) is 0 Å². The second-order valence-electron chi connectivity index (χ2n) is 9.94. The van der Waals surface area contributed by atoms with E-state index < -0.39 is 41.7 Å². The monoisotopic (exact) mass is 541 g/mol. The first-order valence-corrected chi connectivity index (χ1v) is 12.9. The van der Waals surface area contributed by atoms with Gasteiger partial charge in [-0.2, -0.15) is 0 Å². The largest absolute Gasteiger partial charge is 0.445 e. The molecule has 0 saturated heterocycles. The zero-order chi connectivity index (χ0) is 28.7. The second kappa shape index (κ2) is 16.0. The summed E-state index contributed by atoms with van der Waals surface area (Å²) in [6.07, 6.45) is 0.162. The average Bonchev–Trinajstić information content (AvgIpc) is 2.90. The summed E-state index contributed by atoms with van der Waals surface area (Å²) in [5, 5.41) is 7.95. The molecule has 0 unspecified atom stereocenters. The molecule has 6 N–H and O–H groups in total. The van der Waals surface area contributed by atoms with Crippen LogP contribution < -0.4 is 27.2 Å². The Labute approximate surface area is 229 Å². The molecule has 0 aromatic heterocycles. The lowest BCUT2D eigenvalue weighted by Crippen LogP contribution is -2.55. The number of alkyl carbamates (subject to hydrolysis) is 2. The lowest BCUT2D eigenvalue weighted by molar-refractivity contribution is -0.130. The number of amides is 4. The van der Waals surface area contributed by atoms with Gasteiger partial charge >= 0.3 is 12.2 Å². The molecule has 0 aliphatic heterocycles. The van der Waals surface area contributed by atoms with Gasteiger partial charge in [-0.25, -0.2) is 15.4 Å². The van der Waals surface area contributed by atoms with E-state index in [1.807, 2.05) is 60.7 Å². The van der Waals surface area contributed by atoms with E-state index >= 15 is 0 Å². The molecule has 0 spiro atoms. The predicted octanol–water partition coefficient (Wildman–Crippen LogP) is 2.69. The Morgan fingerprint density at radius 3 is 2.00 bits per heavy atom. The van der Waals surface area contributed by atoms with Crippen molar-refractivity contribution in [2.24, 2.45) is 5.84 Å². The summed E-state index contributed by atoms with van der Waals surface area (Å²) in [5.74, 6) is 4.22. The van der Waals surface area contributed by atoms with Gasteiger partial charge in [-0.15, -0.1) is 0 Å². The van der Waals surface area contributed by atoms with Crippen LogP contribution in [0.15, 0.2) is 60.7 Å². The first-order chi connectivity index (χ1) is 18.6. The van der Waals surface area contributed by atoms with Gasteiger partial charge in [0.15, 0.2) is 0 Å². The van der Waals surface area contributed by atoms with E-state index in [0.717, 1.165) is 11.1 Å². The number of nitrogens with two attached hydrogens (primary N) is 1. The molecule has 4 amide bonds. The van der Waals surface area contributed by atoms with E-state index in [2.05, 4.69) is 21.4 Å². The highest BCUT2D eigenvalue weighted by atomic mass is 16.6. The Morgan fingerprint density at radius 2 is 1.41 bits per heavy atom. The molecule has 11 nitrogen and oxygen atoms in total. The van der Waals surface area contributed by atoms with E-state index in [1.54, 1.807) is 20.8 Å². The zero-order valence-electron chi connectivity index (χ0n) is 22.7. The van der Waals surface area contributed by atoms with Gasteiger partial charge in [-0.05, 0) is 51.2 Å². The van der Waals surface area contributed by atoms with Crippen molar-refractivity contribution < 1.29 is 28.7 Å². The molecule has 0 saturated carbocycles. The number of carbonyl (C=O) groups is 4. The van der Waals surface area contributed by atoms with E-state index in [9.17, 15) is 19.2 Å². The Balaban J connectivity index is 1.99. The number of unbranched alkanes of at least 4 members (excludes halogenated alkanes) is 1. The molecule has 0 aliphatic rings. The number of hydrogen-bond acceptors (Lipinski definition) is 7. The molecule has 0 radical (unpaired) electrons. The minimum absolute atomic E-state index is 0.0348. The van der Waals surface area contributed by atoms with Gasteiger partial charge in [-0.1, -0.05) is 60.7 Å². The molecule has 0 heterocycles. The summed E-state index contributed by atoms with van der Waals surface area (Å²) in [7, 11) is 0. The average molecular weight is 542 g/mol. The summed E-state index contributed by atoms with van der Waals surface area (Å²) >= 11 is 0. The molecule has 0 aliphatic carbocycles. The summed E-state index contributed by atoms with van der Waals surface area (Å²) < 4.78 is 10.5. The fourth-order valence-electron chi connectivity index (χ4n) is 3.59. The van der Waals surface area contributed by atoms with Crippen LogP contribution in [0.2, 0.25) is 0 Å². The molecule has 2 aromatic carbocycles. The van der Waals surface area contributed by atoms with Gasteiger partial charge in [-0.3, -0.25) is 15.0 Å². The molecule has 11 heteroatoms. The third-order valence-corrected chi connectivity index (χ3v) is 5.47. The molecule has 2 aromatic rings. The normalized spacial score (nSPS) is 12.4. The number of carbonyl (C=O) groups excluding carboxylic acids is 4. The number of ether oxygens (including phenoxy) is 2. The highest BCUT2D eigenvalue weighted by Crippen LogP contribution is 2.09. The van der Waals surface area contributed by atoms with Crippen LogP contribution in [0.1, 0.15) is 51.2 Å². The maximum absolute atomic E-state index is 13.2. The standard InChI is InChI=1S/C28H39N5O6/c1-28(2,3)39-26(36)30-17-11-10-16-22(32-27(37)38-19-21-14-8-5-9-15-21)24(34)31-23(25(35)33-29)18-20-12-6-4-7-13-20/h4-9,12-15,22-23H,10-11,16-19,29H2,1-3H3,(H,30,36)(H,31,34)(H,32,37)(H,33,35)/t22-,23-/m0/s1. The Morgan fingerprint density at radius 1 is 0.795 bits per heavy atom. The third kappa shape index (κ3) is 12.8. The van der Waals surface area contributed by atoms with Crippen LogP contribution in [0, 0.1) is 0 Å². The van der Waals surface area contributed by atoms with Crippen LogP contribution in [0.3, 0.4) is 0 Å². The summed E-state index contributed by atoms with van der Waals surface area (Å²) in [5.41, 5.74) is 3.09. The van der Waals surface area contributed by atoms with Crippen molar-refractivity contribution in [1.82, 2.24) is 21.4 Å². The van der Waals surface area contributed by atoms with E-state index in [-0.39, 0.29) is 19.4 Å². The summed E-state index contributed by atoms with van der Waals surface area (Å²) in [4.78, 5) is 50.0. The van der Waals surface area contributed by atoms with Crippen LogP contribution in [0.5, 0.6) is 0 Å². The van der Waals surface area contributed by atoms with Crippen molar-refractivity contribution in [2.75, 3.05) is 6.54 Å². The van der Waals surface area contributed by atoms with Crippen molar-refractivity contribution in [2.45, 2.75) is 70.7 Å². The van der Waals surface area contributed by atoms with Gasteiger partial charge in [0, 0.05) is 13.0 Å². The number of nitrogens with one attached hydrogen (secondary N) is 4. The van der Waals surface area contributed by atoms with Crippen molar-refractivity contribution >= 4 is 24.0 Å². The van der Waals surface area contributed by atoms with Gasteiger partial charge < -0.3 is 25.4 Å². The van der Waals surface area contributed by atoms with Gasteiger partial charge in [0.2, 0.25) is 5.91 Å². The smallest absolute Gasteiger partial charge is 0.408 e. The van der Waals surface area contributed by atoms with Crippen LogP contribution in [0.25, 0.3) is 0 Å². The van der Waals surface area contributed by atoms with Crippen molar-refractivity contribution in [1.29, 1.82) is 0 Å². The number of benzene rings is 2. The molecular weight excluding hydrogens is 502 g/mol. The number of hydrazine groups is 1. The fourth-order valence-corrected chi connectivity index (χ4v) is 3.59. The fraction of sp³-hybridized carbons (Fsp3) is 0.429. The SMILES string of the molecule is CC(C)(C)OC(=O)NCCCC[C@H](NC(=O)OCc1ccccc1)C(=O)N[C@@H](Cc1ccccc1)C(=O)NN. The molecular formula is C28H39N5O6. The minimum Gasteiger partial charge on any atom is -0.445 e. The maximum atomic E-state index is 13.2. The maximum Gasteiger partial charge on any atom is 0.408 e.